The molecule has 166 valence electrons. The predicted octanol–water partition coefficient (Wildman–Crippen LogP) is 2.83. The summed E-state index contributed by atoms with van der Waals surface area (Å²) in [5.41, 5.74) is 3.02. The van der Waals surface area contributed by atoms with Gasteiger partial charge in [0.15, 0.2) is 17.9 Å². The van der Waals surface area contributed by atoms with Gasteiger partial charge in [0.2, 0.25) is 5.91 Å². The first-order chi connectivity index (χ1) is 15.4. The Morgan fingerprint density at radius 2 is 2.22 bits per heavy atom. The zero-order chi connectivity index (χ0) is 22.8. The fourth-order valence-electron chi connectivity index (χ4n) is 3.89. The summed E-state index contributed by atoms with van der Waals surface area (Å²) in [6.07, 6.45) is 5.50. The van der Waals surface area contributed by atoms with Crippen molar-refractivity contribution in [1.29, 1.82) is 0 Å². The maximum atomic E-state index is 12.9. The fraction of sp³-hybridized carbons (Fsp3) is 0.348. The number of carbonyl (C=O) groups excluding carboxylic acids is 3. The van der Waals surface area contributed by atoms with E-state index in [4.69, 9.17) is 4.74 Å². The number of nitrogens with one attached hydrogen (secondary N) is 1. The van der Waals surface area contributed by atoms with E-state index < -0.39 is 0 Å². The number of rotatable bonds is 7. The molecule has 32 heavy (non-hydrogen) atoms. The molecule has 1 unspecified atom stereocenters. The van der Waals surface area contributed by atoms with E-state index in [-0.39, 0.29) is 30.1 Å². The average molecular weight is 435 g/mol. The molecule has 0 radical (unpaired) electrons. The van der Waals surface area contributed by atoms with Crippen LogP contribution in [0.5, 0.6) is 5.75 Å². The molecule has 2 aliphatic rings. The third-order valence-electron chi connectivity index (χ3n) is 5.55. The van der Waals surface area contributed by atoms with Crippen LogP contribution in [0.3, 0.4) is 0 Å². The van der Waals surface area contributed by atoms with E-state index in [0.717, 1.165) is 17.6 Å². The van der Waals surface area contributed by atoms with Crippen LogP contribution in [0.25, 0.3) is 0 Å². The third kappa shape index (κ3) is 4.32. The van der Waals surface area contributed by atoms with Gasteiger partial charge >= 0.3 is 0 Å². The molecule has 9 heteroatoms. The fourth-order valence-corrected chi connectivity index (χ4v) is 3.89. The normalized spacial score (nSPS) is 17.1. The Morgan fingerprint density at radius 3 is 2.97 bits per heavy atom. The number of benzene rings is 1. The van der Waals surface area contributed by atoms with Crippen molar-refractivity contribution in [3.8, 4) is 5.75 Å². The number of hydrogen-bond donors (Lipinski definition) is 1. The topological polar surface area (TPSA) is 106 Å². The Kier molecular flexibility index (Phi) is 5.89. The third-order valence-corrected chi connectivity index (χ3v) is 5.55. The van der Waals surface area contributed by atoms with Gasteiger partial charge in [0.25, 0.3) is 5.91 Å². The number of amides is 2. The van der Waals surface area contributed by atoms with Crippen molar-refractivity contribution < 1.29 is 19.1 Å². The van der Waals surface area contributed by atoms with Crippen LogP contribution in [-0.2, 0) is 11.8 Å². The summed E-state index contributed by atoms with van der Waals surface area (Å²) in [5.74, 6) is 0.975. The lowest BCUT2D eigenvalue weighted by molar-refractivity contribution is -0.116. The van der Waals surface area contributed by atoms with Crippen LogP contribution < -0.4 is 10.1 Å². The molecule has 3 heterocycles. The van der Waals surface area contributed by atoms with Crippen molar-refractivity contribution in [3.05, 3.63) is 47.4 Å². The Morgan fingerprint density at radius 1 is 1.41 bits per heavy atom. The molecule has 2 aliphatic heterocycles. The van der Waals surface area contributed by atoms with Gasteiger partial charge in [0.05, 0.1) is 23.9 Å². The molecule has 1 N–H and O–H groups in total. The average Bonchev–Trinajstić information content (AvgIpc) is 3.28. The van der Waals surface area contributed by atoms with E-state index >= 15 is 0 Å². The Balaban J connectivity index is 1.34. The molecule has 1 saturated heterocycles. The van der Waals surface area contributed by atoms with Crippen LogP contribution in [0.1, 0.15) is 45.8 Å². The molecule has 0 saturated carbocycles. The van der Waals surface area contributed by atoms with Gasteiger partial charge in [-0.15, -0.1) is 0 Å². The highest BCUT2D eigenvalue weighted by Gasteiger charge is 2.33. The van der Waals surface area contributed by atoms with Crippen LogP contribution in [-0.4, -0.2) is 58.0 Å². The lowest BCUT2D eigenvalue weighted by Gasteiger charge is -2.20. The number of imidazole rings is 1. The van der Waals surface area contributed by atoms with Crippen molar-refractivity contribution in [2.24, 2.45) is 12.0 Å². The number of hydrogen-bond acceptors (Lipinski definition) is 6. The minimum Gasteiger partial charge on any atom is -0.493 e. The molecule has 0 bridgehead atoms. The number of ether oxygens (including phenoxy) is 1. The van der Waals surface area contributed by atoms with Gasteiger partial charge in [-0.25, -0.2) is 4.98 Å². The van der Waals surface area contributed by atoms with Gasteiger partial charge in [-0.2, -0.15) is 0 Å². The van der Waals surface area contributed by atoms with Crippen LogP contribution in [0.15, 0.2) is 35.5 Å². The Hall–Kier alpha value is -3.75. The minimum absolute atomic E-state index is 0.0419. The van der Waals surface area contributed by atoms with Gasteiger partial charge in [0.1, 0.15) is 5.75 Å². The van der Waals surface area contributed by atoms with Crippen molar-refractivity contribution in [1.82, 2.24) is 14.5 Å². The Labute approximate surface area is 185 Å². The van der Waals surface area contributed by atoms with Gasteiger partial charge < -0.3 is 19.5 Å². The van der Waals surface area contributed by atoms with Gasteiger partial charge in [-0.3, -0.25) is 19.4 Å². The predicted molar refractivity (Wildman–Crippen MR) is 120 cm³/mol. The highest BCUT2D eigenvalue weighted by atomic mass is 16.5. The lowest BCUT2D eigenvalue weighted by atomic mass is 10.1. The van der Waals surface area contributed by atoms with E-state index in [1.165, 1.54) is 0 Å². The van der Waals surface area contributed by atoms with Gasteiger partial charge in [0, 0.05) is 38.5 Å². The maximum Gasteiger partial charge on any atom is 0.256 e. The second-order valence-electron chi connectivity index (χ2n) is 8.08. The number of aryl methyl sites for hydroxylation is 2. The number of aliphatic imine (C=N–C) groups is 1. The van der Waals surface area contributed by atoms with Crippen molar-refractivity contribution in [2.45, 2.75) is 32.2 Å². The molecule has 9 nitrogen and oxygen atoms in total. The molecular weight excluding hydrogens is 410 g/mol. The quantitative estimate of drug-likeness (QED) is 0.409. The van der Waals surface area contributed by atoms with Crippen molar-refractivity contribution >= 4 is 35.8 Å². The zero-order valence-electron chi connectivity index (χ0n) is 18.1. The van der Waals surface area contributed by atoms with E-state index in [1.807, 2.05) is 13.0 Å². The zero-order valence-corrected chi connectivity index (χ0v) is 18.1. The SMILES string of the molecule is C=C1CC2C=Nc3cc(OCCCC(=O)Nc4cn(C)c(C=O)n4)c(C)cc3C(=O)N2C1. The first-order valence-corrected chi connectivity index (χ1v) is 10.4. The number of aromatic nitrogens is 2. The number of aldehydes is 1. The second-order valence-corrected chi connectivity index (χ2v) is 8.08. The van der Waals surface area contributed by atoms with E-state index in [1.54, 1.807) is 35.0 Å². The number of carbonyl (C=O) groups is 3. The van der Waals surface area contributed by atoms with E-state index in [2.05, 4.69) is 21.9 Å². The van der Waals surface area contributed by atoms with E-state index in [0.29, 0.717) is 48.7 Å². The summed E-state index contributed by atoms with van der Waals surface area (Å²) in [7, 11) is 1.68. The first kappa shape index (κ1) is 21.5. The summed E-state index contributed by atoms with van der Waals surface area (Å²) in [4.78, 5) is 46.3. The summed E-state index contributed by atoms with van der Waals surface area (Å²) in [5, 5.41) is 2.67. The summed E-state index contributed by atoms with van der Waals surface area (Å²) in [6.45, 7) is 6.77. The number of anilines is 1. The van der Waals surface area contributed by atoms with Crippen LogP contribution in [0, 0.1) is 6.92 Å². The van der Waals surface area contributed by atoms with E-state index in [9.17, 15) is 14.4 Å². The molecule has 1 atom stereocenters. The largest absolute Gasteiger partial charge is 0.493 e. The smallest absolute Gasteiger partial charge is 0.256 e. The molecule has 0 aliphatic carbocycles. The highest BCUT2D eigenvalue weighted by molar-refractivity contribution is 6.03. The lowest BCUT2D eigenvalue weighted by Crippen LogP contribution is -2.35. The van der Waals surface area contributed by atoms with Gasteiger partial charge in [-0.05, 0) is 31.4 Å². The number of nitrogens with zero attached hydrogens (tertiary/aromatic N) is 4. The highest BCUT2D eigenvalue weighted by Crippen LogP contribution is 2.34. The molecular formula is C23H25N5O4. The molecule has 2 amide bonds. The van der Waals surface area contributed by atoms with Crippen LogP contribution in [0.2, 0.25) is 0 Å². The van der Waals surface area contributed by atoms with Crippen molar-refractivity contribution in [2.75, 3.05) is 18.5 Å². The Bertz CT molecular complexity index is 1130. The summed E-state index contributed by atoms with van der Waals surface area (Å²) in [6, 6.07) is 3.55. The monoisotopic (exact) mass is 435 g/mol. The molecule has 0 spiro atoms. The van der Waals surface area contributed by atoms with Crippen LogP contribution in [0.4, 0.5) is 11.5 Å². The van der Waals surface area contributed by atoms with Crippen LogP contribution >= 0.6 is 0 Å². The number of fused-ring (bicyclic) bond motifs is 2. The molecule has 4 rings (SSSR count). The standard InChI is InChI=1S/C23H25N5O4/c1-14-7-16-10-24-18-9-19(15(2)8-17(18)23(31)28(16)11-14)32-6-4-5-22(30)26-20-12-27(3)21(13-29)25-20/h8-10,12-13,16H,1,4-7,11H2,2-3H3,(H,26,30). The molecule has 1 aromatic carbocycles. The van der Waals surface area contributed by atoms with Crippen molar-refractivity contribution in [3.63, 3.8) is 0 Å². The van der Waals surface area contributed by atoms with Gasteiger partial charge in [-0.1, -0.05) is 12.2 Å². The maximum absolute atomic E-state index is 12.9. The summed E-state index contributed by atoms with van der Waals surface area (Å²) < 4.78 is 7.41. The molecule has 2 aromatic rings. The summed E-state index contributed by atoms with van der Waals surface area (Å²) >= 11 is 0. The molecule has 1 fully saturated rings. The molecule has 1 aromatic heterocycles. The first-order valence-electron chi connectivity index (χ1n) is 10.4. The minimum atomic E-state index is -0.208. The second kappa shape index (κ2) is 8.78.